The van der Waals surface area contributed by atoms with Gasteiger partial charge in [0.05, 0.1) is 60.3 Å². The quantitative estimate of drug-likeness (QED) is 0.269. The number of esters is 2. The largest absolute Gasteiger partial charge is 0.466 e. The lowest BCUT2D eigenvalue weighted by Crippen LogP contribution is -2.44. The Balaban J connectivity index is 2.13. The molecule has 1 saturated heterocycles. The molecule has 1 aromatic rings. The maximum absolute atomic E-state index is 15.3. The summed E-state index contributed by atoms with van der Waals surface area (Å²) in [6.07, 6.45) is -5.10. The summed E-state index contributed by atoms with van der Waals surface area (Å²) in [5.74, 6) is -5.21. The van der Waals surface area contributed by atoms with Gasteiger partial charge in [0.25, 0.3) is 0 Å². The predicted molar refractivity (Wildman–Crippen MR) is 131 cm³/mol. The van der Waals surface area contributed by atoms with E-state index in [2.05, 4.69) is 15.5 Å². The highest BCUT2D eigenvalue weighted by molar-refractivity contribution is 6.31. The van der Waals surface area contributed by atoms with Crippen molar-refractivity contribution in [1.82, 2.24) is 15.5 Å². The molecule has 0 aliphatic carbocycles. The molecule has 1 fully saturated rings. The number of benzene rings is 1. The van der Waals surface area contributed by atoms with Crippen molar-refractivity contribution in [2.75, 3.05) is 59.7 Å². The fraction of sp³-hybridized carbons (Fsp3) is 0.520. The van der Waals surface area contributed by atoms with Crippen molar-refractivity contribution < 1.29 is 41.4 Å². The van der Waals surface area contributed by atoms with Crippen LogP contribution in [0, 0.1) is 5.82 Å². The highest BCUT2D eigenvalue weighted by Crippen LogP contribution is 2.47. The van der Waals surface area contributed by atoms with Gasteiger partial charge in [-0.3, -0.25) is 4.90 Å². The summed E-state index contributed by atoms with van der Waals surface area (Å²) in [4.78, 5) is 28.2. The van der Waals surface area contributed by atoms with E-state index in [-0.39, 0.29) is 36.8 Å². The van der Waals surface area contributed by atoms with Crippen LogP contribution in [0.15, 0.2) is 34.7 Å². The van der Waals surface area contributed by atoms with E-state index in [1.807, 2.05) is 0 Å². The number of hydrogen-bond donors (Lipinski definition) is 2. The average molecular weight is 564 g/mol. The molecule has 0 saturated carbocycles. The molecule has 2 aliphatic rings. The highest BCUT2D eigenvalue weighted by Gasteiger charge is 2.46. The monoisotopic (exact) mass is 563 g/mol. The van der Waals surface area contributed by atoms with Crippen LogP contribution in [0.3, 0.4) is 0 Å². The van der Waals surface area contributed by atoms with Gasteiger partial charge in [-0.1, -0.05) is 11.6 Å². The van der Waals surface area contributed by atoms with Crippen LogP contribution in [0.4, 0.5) is 17.6 Å². The summed E-state index contributed by atoms with van der Waals surface area (Å²) in [7, 11) is 1.03. The number of allylic oxidation sites excluding steroid dienone is 1. The van der Waals surface area contributed by atoms with Crippen LogP contribution in [0.2, 0.25) is 5.02 Å². The SMILES string of the molecule is CCOC(=O)C1=C(COCCN2CCNCC2)NC(C)=C(C(=O)OC)C1c1c(F)ccc(Cl)c1C(F)(F)F. The summed E-state index contributed by atoms with van der Waals surface area (Å²) in [6.45, 7) is 6.78. The molecule has 3 rings (SSSR count). The van der Waals surface area contributed by atoms with Gasteiger partial charge in [-0.2, -0.15) is 13.2 Å². The van der Waals surface area contributed by atoms with E-state index in [1.165, 1.54) is 13.8 Å². The molecule has 2 N–H and O–H groups in total. The van der Waals surface area contributed by atoms with Crippen molar-refractivity contribution in [3.63, 3.8) is 0 Å². The van der Waals surface area contributed by atoms with Crippen LogP contribution in [0.1, 0.15) is 30.9 Å². The zero-order valence-electron chi connectivity index (χ0n) is 21.3. The first-order valence-electron chi connectivity index (χ1n) is 12.0. The smallest absolute Gasteiger partial charge is 0.418 e. The van der Waals surface area contributed by atoms with Crippen molar-refractivity contribution in [2.24, 2.45) is 0 Å². The van der Waals surface area contributed by atoms with Crippen LogP contribution in [0.5, 0.6) is 0 Å². The number of alkyl halides is 3. The Morgan fingerprint density at radius 3 is 2.45 bits per heavy atom. The number of rotatable bonds is 9. The number of nitrogens with one attached hydrogen (secondary N) is 2. The standard InChI is InChI=1S/C25H30ClF4N3O5/c1-4-38-24(35)20-17(13-37-12-11-33-9-7-31-8-10-33)32-14(2)18(23(34)36-3)21(20)19-16(27)6-5-15(26)22(19)25(28,29)30/h5-6,21,31-32H,4,7-13H2,1-3H3. The van der Waals surface area contributed by atoms with Gasteiger partial charge in [0, 0.05) is 44.0 Å². The predicted octanol–water partition coefficient (Wildman–Crippen LogP) is 3.37. The van der Waals surface area contributed by atoms with E-state index < -0.39 is 51.6 Å². The third-order valence-electron chi connectivity index (χ3n) is 6.27. The number of piperazine rings is 1. The molecule has 1 atom stereocenters. The molecule has 0 spiro atoms. The lowest BCUT2D eigenvalue weighted by atomic mass is 9.78. The van der Waals surface area contributed by atoms with Crippen molar-refractivity contribution in [2.45, 2.75) is 25.9 Å². The normalized spacial score (nSPS) is 18.9. The van der Waals surface area contributed by atoms with E-state index in [0.717, 1.165) is 45.4 Å². The van der Waals surface area contributed by atoms with Gasteiger partial charge in [0.1, 0.15) is 5.82 Å². The number of carbonyl (C=O) groups excluding carboxylic acids is 2. The molecule has 1 aromatic carbocycles. The first-order valence-corrected chi connectivity index (χ1v) is 12.4. The average Bonchev–Trinajstić information content (AvgIpc) is 2.87. The molecule has 0 amide bonds. The Bertz CT molecular complexity index is 1120. The molecule has 0 radical (unpaired) electrons. The van der Waals surface area contributed by atoms with Crippen molar-refractivity contribution in [1.29, 1.82) is 0 Å². The summed E-state index contributed by atoms with van der Waals surface area (Å²) in [5.41, 5.74) is -3.14. The van der Waals surface area contributed by atoms with Crippen LogP contribution in [-0.4, -0.2) is 76.5 Å². The van der Waals surface area contributed by atoms with E-state index in [1.54, 1.807) is 0 Å². The zero-order chi connectivity index (χ0) is 28.0. The number of ether oxygens (including phenoxy) is 3. The summed E-state index contributed by atoms with van der Waals surface area (Å²) in [6, 6.07) is 1.53. The molecular formula is C25H30ClF4N3O5. The van der Waals surface area contributed by atoms with Crippen LogP contribution < -0.4 is 10.6 Å². The molecule has 8 nitrogen and oxygen atoms in total. The fourth-order valence-corrected chi connectivity index (χ4v) is 4.84. The summed E-state index contributed by atoms with van der Waals surface area (Å²) < 4.78 is 73.6. The third-order valence-corrected chi connectivity index (χ3v) is 6.58. The molecule has 0 bridgehead atoms. The molecule has 0 aromatic heterocycles. The van der Waals surface area contributed by atoms with E-state index >= 15 is 4.39 Å². The Morgan fingerprint density at radius 1 is 1.16 bits per heavy atom. The summed E-state index contributed by atoms with van der Waals surface area (Å²) in [5, 5.41) is 5.33. The number of hydrogen-bond acceptors (Lipinski definition) is 8. The van der Waals surface area contributed by atoms with E-state index in [0.29, 0.717) is 6.54 Å². The second kappa shape index (κ2) is 12.9. The lowest BCUT2D eigenvalue weighted by molar-refractivity contribution is -0.141. The molecule has 2 heterocycles. The Hall–Kier alpha value is -2.67. The second-order valence-electron chi connectivity index (χ2n) is 8.66. The van der Waals surface area contributed by atoms with E-state index in [4.69, 9.17) is 25.8 Å². The number of nitrogens with zero attached hydrogens (tertiary/aromatic N) is 1. The first kappa shape index (κ1) is 29.9. The molecule has 13 heteroatoms. The lowest BCUT2D eigenvalue weighted by Gasteiger charge is -2.33. The van der Waals surface area contributed by atoms with E-state index in [9.17, 15) is 22.8 Å². The van der Waals surface area contributed by atoms with Crippen molar-refractivity contribution in [3.8, 4) is 0 Å². The topological polar surface area (TPSA) is 89.1 Å². The Labute approximate surface area is 222 Å². The maximum atomic E-state index is 15.3. The van der Waals surface area contributed by atoms with Crippen molar-refractivity contribution in [3.05, 3.63) is 56.6 Å². The molecule has 1 unspecified atom stereocenters. The number of methoxy groups -OCH3 is 1. The third kappa shape index (κ3) is 6.66. The van der Waals surface area contributed by atoms with Crippen LogP contribution >= 0.6 is 11.6 Å². The number of dihydropyridines is 1. The minimum Gasteiger partial charge on any atom is -0.466 e. The van der Waals surface area contributed by atoms with Gasteiger partial charge >= 0.3 is 18.1 Å². The zero-order valence-corrected chi connectivity index (χ0v) is 22.0. The molecule has 38 heavy (non-hydrogen) atoms. The van der Waals surface area contributed by atoms with Crippen molar-refractivity contribution >= 4 is 23.5 Å². The number of carbonyl (C=O) groups is 2. The minimum absolute atomic E-state index is 0.0476. The highest BCUT2D eigenvalue weighted by atomic mass is 35.5. The number of halogens is 5. The first-order chi connectivity index (χ1) is 18.0. The second-order valence-corrected chi connectivity index (χ2v) is 9.07. The van der Waals surface area contributed by atoms with Gasteiger partial charge in [0.15, 0.2) is 0 Å². The summed E-state index contributed by atoms with van der Waals surface area (Å²) >= 11 is 5.90. The molecule has 210 valence electrons. The van der Waals surface area contributed by atoms with Gasteiger partial charge in [-0.15, -0.1) is 0 Å². The van der Waals surface area contributed by atoms with Crippen LogP contribution in [0.25, 0.3) is 0 Å². The minimum atomic E-state index is -5.10. The van der Waals surface area contributed by atoms with Gasteiger partial charge < -0.3 is 24.8 Å². The van der Waals surface area contributed by atoms with Crippen LogP contribution in [-0.2, 0) is 30.0 Å². The molecular weight excluding hydrogens is 534 g/mol. The molecule has 2 aliphatic heterocycles. The fourth-order valence-electron chi connectivity index (χ4n) is 4.57. The maximum Gasteiger partial charge on any atom is 0.418 e. The van der Waals surface area contributed by atoms with Gasteiger partial charge in [-0.05, 0) is 26.0 Å². The Kier molecular flexibility index (Phi) is 10.2. The Morgan fingerprint density at radius 2 is 1.84 bits per heavy atom. The van der Waals surface area contributed by atoms with Gasteiger partial charge in [-0.25, -0.2) is 14.0 Å². The van der Waals surface area contributed by atoms with Gasteiger partial charge in [0.2, 0.25) is 0 Å².